The third-order valence-corrected chi connectivity index (χ3v) is 3.39. The number of ether oxygens (including phenoxy) is 1. The lowest BCUT2D eigenvalue weighted by molar-refractivity contribution is 0.317. The molecule has 0 N–H and O–H groups in total. The zero-order chi connectivity index (χ0) is 15.4. The Labute approximate surface area is 129 Å². The van der Waals surface area contributed by atoms with Gasteiger partial charge in [0.25, 0.3) is 5.89 Å². The zero-order valence-corrected chi connectivity index (χ0v) is 12.7. The fraction of sp³-hybridized carbons (Fsp3) is 0.222. The molecule has 0 fully saturated rings. The lowest BCUT2D eigenvalue weighted by Gasteiger charge is -2.04. The topological polar surface area (TPSA) is 48.2 Å². The molecular weight excluding hydrogens is 276 g/mol. The van der Waals surface area contributed by atoms with Gasteiger partial charge in [0.05, 0.1) is 6.61 Å². The Hall–Kier alpha value is -2.62. The molecule has 0 aliphatic rings. The van der Waals surface area contributed by atoms with E-state index in [0.717, 1.165) is 35.5 Å². The van der Waals surface area contributed by atoms with Crippen LogP contribution >= 0.6 is 0 Å². The van der Waals surface area contributed by atoms with Crippen molar-refractivity contribution in [1.29, 1.82) is 0 Å². The van der Waals surface area contributed by atoms with Gasteiger partial charge in [-0.2, -0.15) is 4.98 Å². The quantitative estimate of drug-likeness (QED) is 0.695. The number of benzene rings is 2. The summed E-state index contributed by atoms with van der Waals surface area (Å²) >= 11 is 0. The molecule has 22 heavy (non-hydrogen) atoms. The summed E-state index contributed by atoms with van der Waals surface area (Å²) in [5.41, 5.74) is 2.98. The van der Waals surface area contributed by atoms with E-state index in [4.69, 9.17) is 9.26 Å². The van der Waals surface area contributed by atoms with E-state index in [0.29, 0.717) is 11.7 Å². The van der Waals surface area contributed by atoms with E-state index in [1.165, 1.54) is 0 Å². The summed E-state index contributed by atoms with van der Waals surface area (Å²) in [6.07, 6.45) is 0.992. The van der Waals surface area contributed by atoms with Crippen LogP contribution in [0.2, 0.25) is 0 Å². The smallest absolute Gasteiger partial charge is 0.258 e. The maximum Gasteiger partial charge on any atom is 0.258 e. The van der Waals surface area contributed by atoms with Gasteiger partial charge in [0.15, 0.2) is 0 Å². The predicted molar refractivity (Wildman–Crippen MR) is 85.7 cm³/mol. The highest BCUT2D eigenvalue weighted by Crippen LogP contribution is 2.25. The van der Waals surface area contributed by atoms with Crippen molar-refractivity contribution in [2.24, 2.45) is 0 Å². The second-order valence-electron chi connectivity index (χ2n) is 5.11. The molecule has 3 rings (SSSR count). The summed E-state index contributed by atoms with van der Waals surface area (Å²) in [6.45, 7) is 4.83. The standard InChI is InChI=1S/C18H18N2O2/c1-3-12-21-15-10-8-14(9-11-15)17-19-18(22-20-17)16-7-5-4-6-13(16)2/h4-11H,3,12H2,1-2H3. The first-order valence-corrected chi connectivity index (χ1v) is 7.41. The summed E-state index contributed by atoms with van der Waals surface area (Å²) in [7, 11) is 0. The van der Waals surface area contributed by atoms with E-state index in [1.54, 1.807) is 0 Å². The molecule has 3 aromatic rings. The molecule has 1 heterocycles. The second-order valence-corrected chi connectivity index (χ2v) is 5.11. The number of hydrogen-bond donors (Lipinski definition) is 0. The molecule has 0 amide bonds. The van der Waals surface area contributed by atoms with Crippen LogP contribution in [0.15, 0.2) is 53.1 Å². The maximum atomic E-state index is 5.57. The molecule has 0 aliphatic carbocycles. The van der Waals surface area contributed by atoms with Gasteiger partial charge >= 0.3 is 0 Å². The Bertz CT molecular complexity index is 748. The van der Waals surface area contributed by atoms with Gasteiger partial charge in [0.2, 0.25) is 5.82 Å². The molecule has 112 valence electrons. The molecule has 0 spiro atoms. The van der Waals surface area contributed by atoms with Gasteiger partial charge in [-0.05, 0) is 49.2 Å². The number of aromatic nitrogens is 2. The van der Waals surface area contributed by atoms with Crippen molar-refractivity contribution in [3.05, 3.63) is 54.1 Å². The summed E-state index contributed by atoms with van der Waals surface area (Å²) < 4.78 is 11.0. The van der Waals surface area contributed by atoms with Crippen molar-refractivity contribution in [1.82, 2.24) is 10.1 Å². The van der Waals surface area contributed by atoms with Crippen LogP contribution < -0.4 is 4.74 Å². The Morgan fingerprint density at radius 2 is 1.82 bits per heavy atom. The maximum absolute atomic E-state index is 5.57. The van der Waals surface area contributed by atoms with Gasteiger partial charge in [-0.3, -0.25) is 0 Å². The Morgan fingerprint density at radius 3 is 2.55 bits per heavy atom. The van der Waals surface area contributed by atoms with E-state index in [9.17, 15) is 0 Å². The normalized spacial score (nSPS) is 10.6. The van der Waals surface area contributed by atoms with Crippen molar-refractivity contribution in [2.45, 2.75) is 20.3 Å². The van der Waals surface area contributed by atoms with E-state index in [2.05, 4.69) is 17.1 Å². The van der Waals surface area contributed by atoms with E-state index in [1.807, 2.05) is 55.5 Å². The van der Waals surface area contributed by atoms with Crippen LogP contribution in [0.25, 0.3) is 22.8 Å². The van der Waals surface area contributed by atoms with Gasteiger partial charge in [0.1, 0.15) is 5.75 Å². The van der Waals surface area contributed by atoms with Gasteiger partial charge in [-0.1, -0.05) is 30.3 Å². The Morgan fingerprint density at radius 1 is 1.05 bits per heavy atom. The third kappa shape index (κ3) is 3.01. The molecule has 0 saturated heterocycles. The average Bonchev–Trinajstić information content (AvgIpc) is 3.03. The summed E-state index contributed by atoms with van der Waals surface area (Å²) in [5.74, 6) is 1.98. The van der Waals surface area contributed by atoms with Crippen molar-refractivity contribution >= 4 is 0 Å². The molecule has 0 unspecified atom stereocenters. The van der Waals surface area contributed by atoms with Crippen LogP contribution in [-0.4, -0.2) is 16.7 Å². The van der Waals surface area contributed by atoms with Gasteiger partial charge < -0.3 is 9.26 Å². The van der Waals surface area contributed by atoms with Gasteiger partial charge in [-0.25, -0.2) is 0 Å². The fourth-order valence-corrected chi connectivity index (χ4v) is 2.18. The van der Waals surface area contributed by atoms with Crippen molar-refractivity contribution < 1.29 is 9.26 Å². The molecule has 1 aromatic heterocycles. The Balaban J connectivity index is 1.83. The minimum absolute atomic E-state index is 0.541. The van der Waals surface area contributed by atoms with E-state index < -0.39 is 0 Å². The minimum Gasteiger partial charge on any atom is -0.494 e. The van der Waals surface area contributed by atoms with Crippen LogP contribution in [0.1, 0.15) is 18.9 Å². The summed E-state index contributed by atoms with van der Waals surface area (Å²) in [4.78, 5) is 4.48. The lowest BCUT2D eigenvalue weighted by Crippen LogP contribution is -1.94. The molecular formula is C18H18N2O2. The molecule has 2 aromatic carbocycles. The highest BCUT2D eigenvalue weighted by Gasteiger charge is 2.12. The lowest BCUT2D eigenvalue weighted by atomic mass is 10.1. The van der Waals surface area contributed by atoms with Crippen LogP contribution in [0.5, 0.6) is 5.75 Å². The van der Waals surface area contributed by atoms with Crippen molar-refractivity contribution in [3.8, 4) is 28.6 Å². The van der Waals surface area contributed by atoms with E-state index in [-0.39, 0.29) is 0 Å². The second kappa shape index (κ2) is 6.43. The molecule has 0 saturated carbocycles. The van der Waals surface area contributed by atoms with Crippen LogP contribution in [0.3, 0.4) is 0 Å². The monoisotopic (exact) mass is 294 g/mol. The Kier molecular flexibility index (Phi) is 4.19. The highest BCUT2D eigenvalue weighted by molar-refractivity contribution is 5.62. The molecule has 0 atom stereocenters. The average molecular weight is 294 g/mol. The first kappa shape index (κ1) is 14.3. The van der Waals surface area contributed by atoms with Crippen molar-refractivity contribution in [2.75, 3.05) is 6.61 Å². The van der Waals surface area contributed by atoms with Gasteiger partial charge in [-0.15, -0.1) is 0 Å². The number of rotatable bonds is 5. The first-order chi connectivity index (χ1) is 10.8. The van der Waals surface area contributed by atoms with Gasteiger partial charge in [0, 0.05) is 11.1 Å². The fourth-order valence-electron chi connectivity index (χ4n) is 2.18. The molecule has 0 radical (unpaired) electrons. The largest absolute Gasteiger partial charge is 0.494 e. The van der Waals surface area contributed by atoms with Crippen LogP contribution in [0.4, 0.5) is 0 Å². The van der Waals surface area contributed by atoms with Crippen molar-refractivity contribution in [3.63, 3.8) is 0 Å². The minimum atomic E-state index is 0.541. The number of aryl methyl sites for hydroxylation is 1. The highest BCUT2D eigenvalue weighted by atomic mass is 16.5. The van der Waals surface area contributed by atoms with Crippen LogP contribution in [0, 0.1) is 6.92 Å². The SMILES string of the molecule is CCCOc1ccc(-c2noc(-c3ccccc3C)n2)cc1. The summed E-state index contributed by atoms with van der Waals surface area (Å²) in [5, 5.41) is 4.07. The number of nitrogens with zero attached hydrogens (tertiary/aromatic N) is 2. The number of hydrogen-bond acceptors (Lipinski definition) is 4. The molecule has 0 bridgehead atoms. The third-order valence-electron chi connectivity index (χ3n) is 3.39. The zero-order valence-electron chi connectivity index (χ0n) is 12.7. The summed E-state index contributed by atoms with van der Waals surface area (Å²) in [6, 6.07) is 15.7. The molecule has 4 heteroatoms. The van der Waals surface area contributed by atoms with Crippen LogP contribution in [-0.2, 0) is 0 Å². The molecule has 4 nitrogen and oxygen atoms in total. The predicted octanol–water partition coefficient (Wildman–Crippen LogP) is 4.50. The first-order valence-electron chi connectivity index (χ1n) is 7.41. The molecule has 0 aliphatic heterocycles. The van der Waals surface area contributed by atoms with E-state index >= 15 is 0 Å².